The third-order valence-electron chi connectivity index (χ3n) is 3.40. The van der Waals surface area contributed by atoms with Gasteiger partial charge in [0, 0.05) is 29.0 Å². The van der Waals surface area contributed by atoms with Gasteiger partial charge in [-0.25, -0.2) is 4.98 Å². The number of benzene rings is 1. The first-order valence-electron chi connectivity index (χ1n) is 7.12. The molecule has 0 bridgehead atoms. The maximum atomic E-state index is 5.20. The van der Waals surface area contributed by atoms with E-state index in [-0.39, 0.29) is 6.04 Å². The minimum absolute atomic E-state index is 0.253. The van der Waals surface area contributed by atoms with E-state index < -0.39 is 0 Å². The van der Waals surface area contributed by atoms with Crippen LogP contribution in [0, 0.1) is 0 Å². The quantitative estimate of drug-likeness (QED) is 0.737. The molecule has 3 rings (SSSR count). The Morgan fingerprint density at radius 1 is 1.24 bits per heavy atom. The van der Waals surface area contributed by atoms with E-state index in [1.807, 2.05) is 24.3 Å². The first-order chi connectivity index (χ1) is 10.4. The van der Waals surface area contributed by atoms with Crippen LogP contribution in [0.1, 0.15) is 23.5 Å². The lowest BCUT2D eigenvalue weighted by Crippen LogP contribution is -2.22. The van der Waals surface area contributed by atoms with Gasteiger partial charge in [0.25, 0.3) is 0 Å². The molecule has 1 atom stereocenters. The lowest BCUT2D eigenvalue weighted by atomic mass is 10.1. The second-order valence-corrected chi connectivity index (χ2v) is 5.81. The zero-order valence-electron chi connectivity index (χ0n) is 12.0. The van der Waals surface area contributed by atoms with Crippen LogP contribution in [0.15, 0.2) is 58.7 Å². The van der Waals surface area contributed by atoms with Crippen molar-refractivity contribution in [3.05, 3.63) is 64.9 Å². The van der Waals surface area contributed by atoms with Gasteiger partial charge < -0.3 is 9.73 Å². The normalized spacial score (nSPS) is 12.4. The number of nitrogens with zero attached hydrogens (tertiary/aromatic N) is 1. The summed E-state index contributed by atoms with van der Waals surface area (Å²) in [7, 11) is 0. The Morgan fingerprint density at radius 3 is 2.81 bits per heavy atom. The van der Waals surface area contributed by atoms with Crippen molar-refractivity contribution in [2.45, 2.75) is 19.4 Å². The minimum Gasteiger partial charge on any atom is -0.472 e. The van der Waals surface area contributed by atoms with Crippen LogP contribution < -0.4 is 5.32 Å². The van der Waals surface area contributed by atoms with Crippen LogP contribution in [0.4, 0.5) is 0 Å². The summed E-state index contributed by atoms with van der Waals surface area (Å²) in [5, 5.41) is 6.76. The number of likely N-dealkylation sites (N-methyl/N-ethyl adjacent to an activating group) is 1. The number of rotatable bonds is 6. The molecule has 21 heavy (non-hydrogen) atoms. The molecule has 3 nitrogen and oxygen atoms in total. The molecule has 4 heteroatoms. The molecule has 2 aromatic heterocycles. The lowest BCUT2D eigenvalue weighted by Gasteiger charge is -2.14. The van der Waals surface area contributed by atoms with Crippen molar-refractivity contribution in [1.29, 1.82) is 0 Å². The second kappa shape index (κ2) is 6.70. The maximum absolute atomic E-state index is 5.20. The van der Waals surface area contributed by atoms with Gasteiger partial charge in [0.15, 0.2) is 0 Å². The van der Waals surface area contributed by atoms with Crippen molar-refractivity contribution >= 4 is 11.3 Å². The van der Waals surface area contributed by atoms with Crippen LogP contribution >= 0.6 is 11.3 Å². The molecule has 1 unspecified atom stereocenters. The van der Waals surface area contributed by atoms with Crippen molar-refractivity contribution in [2.24, 2.45) is 0 Å². The molecule has 0 aliphatic carbocycles. The van der Waals surface area contributed by atoms with Gasteiger partial charge >= 0.3 is 0 Å². The van der Waals surface area contributed by atoms with Crippen LogP contribution in [-0.2, 0) is 6.42 Å². The number of aromatic nitrogens is 1. The second-order valence-electron chi connectivity index (χ2n) is 4.86. The summed E-state index contributed by atoms with van der Waals surface area (Å²) >= 11 is 1.71. The molecule has 0 amide bonds. The van der Waals surface area contributed by atoms with Crippen molar-refractivity contribution < 1.29 is 4.42 Å². The summed E-state index contributed by atoms with van der Waals surface area (Å²) in [5.41, 5.74) is 3.40. The molecule has 0 radical (unpaired) electrons. The number of hydrogen-bond donors (Lipinski definition) is 1. The van der Waals surface area contributed by atoms with E-state index in [2.05, 4.69) is 29.8 Å². The Hall–Kier alpha value is -1.91. The summed E-state index contributed by atoms with van der Waals surface area (Å²) in [6, 6.07) is 12.6. The number of furan rings is 1. The van der Waals surface area contributed by atoms with Gasteiger partial charge in [-0.2, -0.15) is 0 Å². The zero-order valence-corrected chi connectivity index (χ0v) is 12.8. The van der Waals surface area contributed by atoms with Crippen molar-refractivity contribution in [2.75, 3.05) is 6.54 Å². The predicted molar refractivity (Wildman–Crippen MR) is 86.4 cm³/mol. The molecule has 1 N–H and O–H groups in total. The van der Waals surface area contributed by atoms with Gasteiger partial charge in [-0.3, -0.25) is 0 Å². The fourth-order valence-electron chi connectivity index (χ4n) is 2.35. The first-order valence-corrected chi connectivity index (χ1v) is 8.00. The third kappa shape index (κ3) is 3.40. The molecule has 3 aromatic rings. The Kier molecular flexibility index (Phi) is 4.48. The standard InChI is InChI=1S/C17H18N2OS/c1-2-18-15(14-8-9-20-11-14)10-17-19-16(12-21-17)13-6-4-3-5-7-13/h3-9,11-12,15,18H,2,10H2,1H3. The van der Waals surface area contributed by atoms with Gasteiger partial charge in [-0.05, 0) is 12.6 Å². The monoisotopic (exact) mass is 298 g/mol. The predicted octanol–water partition coefficient (Wildman–Crippen LogP) is 4.30. The molecule has 0 aliphatic rings. The van der Waals surface area contributed by atoms with E-state index >= 15 is 0 Å². The summed E-state index contributed by atoms with van der Waals surface area (Å²) in [5.74, 6) is 0. The third-order valence-corrected chi connectivity index (χ3v) is 4.27. The molecule has 0 saturated heterocycles. The number of thiazole rings is 1. The highest BCUT2D eigenvalue weighted by Gasteiger charge is 2.15. The van der Waals surface area contributed by atoms with E-state index in [0.717, 1.165) is 23.7 Å². The molecule has 0 spiro atoms. The Labute approximate surface area is 128 Å². The van der Waals surface area contributed by atoms with E-state index in [9.17, 15) is 0 Å². The van der Waals surface area contributed by atoms with Crippen molar-refractivity contribution in [1.82, 2.24) is 10.3 Å². The Bertz CT molecular complexity index is 661. The van der Waals surface area contributed by atoms with E-state index in [1.54, 1.807) is 23.9 Å². The SMILES string of the molecule is CCNC(Cc1nc(-c2ccccc2)cs1)c1ccoc1. The van der Waals surface area contributed by atoms with E-state index in [0.29, 0.717) is 0 Å². The van der Waals surface area contributed by atoms with Gasteiger partial charge in [0.2, 0.25) is 0 Å². The smallest absolute Gasteiger partial charge is 0.0951 e. The van der Waals surface area contributed by atoms with Crippen LogP contribution in [0.3, 0.4) is 0 Å². The Morgan fingerprint density at radius 2 is 2.10 bits per heavy atom. The van der Waals surface area contributed by atoms with Crippen molar-refractivity contribution in [3.8, 4) is 11.3 Å². The fraction of sp³-hybridized carbons (Fsp3) is 0.235. The van der Waals surface area contributed by atoms with Crippen LogP contribution in [0.2, 0.25) is 0 Å². The minimum atomic E-state index is 0.253. The lowest BCUT2D eigenvalue weighted by molar-refractivity contribution is 0.524. The summed E-state index contributed by atoms with van der Waals surface area (Å²) in [6.07, 6.45) is 4.40. The molecule has 108 valence electrons. The van der Waals surface area contributed by atoms with Gasteiger partial charge in [-0.1, -0.05) is 37.3 Å². The highest BCUT2D eigenvalue weighted by molar-refractivity contribution is 7.09. The topological polar surface area (TPSA) is 38.1 Å². The number of hydrogen-bond acceptors (Lipinski definition) is 4. The first kappa shape index (κ1) is 14.0. The van der Waals surface area contributed by atoms with Crippen LogP contribution in [0.25, 0.3) is 11.3 Å². The van der Waals surface area contributed by atoms with Gasteiger partial charge in [0.05, 0.1) is 23.2 Å². The average molecular weight is 298 g/mol. The average Bonchev–Trinajstić information content (AvgIpc) is 3.19. The fourth-order valence-corrected chi connectivity index (χ4v) is 3.20. The van der Waals surface area contributed by atoms with Crippen molar-refractivity contribution in [3.63, 3.8) is 0 Å². The molecule has 0 aliphatic heterocycles. The molecular formula is C17H18N2OS. The molecular weight excluding hydrogens is 280 g/mol. The maximum Gasteiger partial charge on any atom is 0.0951 e. The Balaban J connectivity index is 1.77. The largest absolute Gasteiger partial charge is 0.472 e. The van der Waals surface area contributed by atoms with E-state index in [1.165, 1.54) is 11.1 Å². The molecule has 2 heterocycles. The van der Waals surface area contributed by atoms with E-state index in [4.69, 9.17) is 9.40 Å². The van der Waals surface area contributed by atoms with Gasteiger partial charge in [-0.15, -0.1) is 11.3 Å². The molecule has 0 saturated carbocycles. The van der Waals surface area contributed by atoms with Crippen LogP contribution in [-0.4, -0.2) is 11.5 Å². The highest BCUT2D eigenvalue weighted by atomic mass is 32.1. The molecule has 1 aromatic carbocycles. The molecule has 0 fully saturated rings. The zero-order chi connectivity index (χ0) is 14.5. The van der Waals surface area contributed by atoms with Crippen LogP contribution in [0.5, 0.6) is 0 Å². The summed E-state index contributed by atoms with van der Waals surface area (Å²) in [6.45, 7) is 3.04. The summed E-state index contributed by atoms with van der Waals surface area (Å²) < 4.78 is 5.20. The summed E-state index contributed by atoms with van der Waals surface area (Å²) in [4.78, 5) is 4.76. The number of nitrogens with one attached hydrogen (secondary N) is 1. The highest BCUT2D eigenvalue weighted by Crippen LogP contribution is 2.25. The van der Waals surface area contributed by atoms with Gasteiger partial charge in [0.1, 0.15) is 0 Å².